The molecule has 7 heteroatoms. The topological polar surface area (TPSA) is 96.0 Å². The Labute approximate surface area is 111 Å². The lowest BCUT2D eigenvalue weighted by atomic mass is 10.3. The predicted molar refractivity (Wildman–Crippen MR) is 63.1 cm³/mol. The molecule has 0 heterocycles. The van der Waals surface area contributed by atoms with Gasteiger partial charge in [0.05, 0.1) is 6.61 Å². The van der Waals surface area contributed by atoms with E-state index in [1.165, 1.54) is 6.92 Å². The second kappa shape index (κ2) is 9.07. The van der Waals surface area contributed by atoms with Gasteiger partial charge in [-0.1, -0.05) is 13.3 Å². The quantitative estimate of drug-likeness (QED) is 0.273. The zero-order valence-electron chi connectivity index (χ0n) is 11.3. The van der Waals surface area contributed by atoms with Crippen molar-refractivity contribution in [2.75, 3.05) is 13.2 Å². The second-order valence-corrected chi connectivity index (χ2v) is 3.79. The molecule has 0 aliphatic rings. The Kier molecular flexibility index (Phi) is 8.15. The number of carbonyl (C=O) groups excluding carboxylic acids is 4. The average Bonchev–Trinajstić information content (AvgIpc) is 2.35. The number of hydrogen-bond donors (Lipinski definition) is 0. The van der Waals surface area contributed by atoms with Crippen molar-refractivity contribution in [3.63, 3.8) is 0 Å². The monoisotopic (exact) mass is 274 g/mol. The van der Waals surface area contributed by atoms with Gasteiger partial charge in [-0.05, 0) is 13.3 Å². The van der Waals surface area contributed by atoms with Crippen LogP contribution in [0.5, 0.6) is 0 Å². The van der Waals surface area contributed by atoms with Crippen molar-refractivity contribution in [3.8, 4) is 0 Å². The summed E-state index contributed by atoms with van der Waals surface area (Å²) in [4.78, 5) is 43.8. The number of rotatable bonds is 8. The lowest BCUT2D eigenvalue weighted by molar-refractivity contribution is -0.172. The van der Waals surface area contributed by atoms with Crippen LogP contribution in [0.2, 0.25) is 0 Å². The SMILES string of the molecule is CCCCOC(=O)C(C)OC(=O)COC(=O)C(C)=O. The minimum absolute atomic E-state index is 0.260. The van der Waals surface area contributed by atoms with Gasteiger partial charge in [0.1, 0.15) is 0 Å². The number of unbranched alkanes of at least 4 members (excludes halogenated alkanes) is 1. The van der Waals surface area contributed by atoms with E-state index in [-0.39, 0.29) is 6.61 Å². The molecule has 0 bridgehead atoms. The van der Waals surface area contributed by atoms with E-state index in [4.69, 9.17) is 4.74 Å². The van der Waals surface area contributed by atoms with Gasteiger partial charge in [0.25, 0.3) is 0 Å². The van der Waals surface area contributed by atoms with E-state index in [1.54, 1.807) is 0 Å². The van der Waals surface area contributed by atoms with Gasteiger partial charge in [-0.3, -0.25) is 4.79 Å². The molecule has 0 aliphatic heterocycles. The van der Waals surface area contributed by atoms with Crippen LogP contribution in [0, 0.1) is 0 Å². The molecular weight excluding hydrogens is 256 g/mol. The summed E-state index contributed by atoms with van der Waals surface area (Å²) in [5.41, 5.74) is 0. The van der Waals surface area contributed by atoms with Gasteiger partial charge >= 0.3 is 17.9 Å². The second-order valence-electron chi connectivity index (χ2n) is 3.79. The summed E-state index contributed by atoms with van der Waals surface area (Å²) < 4.78 is 13.8. The molecule has 108 valence electrons. The standard InChI is InChI=1S/C12H18O7/c1-4-5-6-17-12(16)9(3)19-10(14)7-18-11(15)8(2)13/h9H,4-7H2,1-3H3. The number of hydrogen-bond acceptors (Lipinski definition) is 7. The maximum absolute atomic E-state index is 11.3. The van der Waals surface area contributed by atoms with Crippen LogP contribution in [0.1, 0.15) is 33.6 Å². The summed E-state index contributed by atoms with van der Waals surface area (Å²) in [5.74, 6) is -3.54. The molecule has 0 fully saturated rings. The highest BCUT2D eigenvalue weighted by atomic mass is 16.6. The Hall–Kier alpha value is -1.92. The maximum Gasteiger partial charge on any atom is 0.374 e. The molecule has 0 saturated heterocycles. The molecule has 0 aromatic heterocycles. The summed E-state index contributed by atoms with van der Waals surface area (Å²) >= 11 is 0. The van der Waals surface area contributed by atoms with Gasteiger partial charge in [0.2, 0.25) is 5.78 Å². The summed E-state index contributed by atoms with van der Waals surface area (Å²) in [5, 5.41) is 0. The minimum Gasteiger partial charge on any atom is -0.463 e. The van der Waals surface area contributed by atoms with Crippen LogP contribution in [-0.4, -0.2) is 43.0 Å². The molecule has 0 radical (unpaired) electrons. The third-order valence-electron chi connectivity index (χ3n) is 1.99. The van der Waals surface area contributed by atoms with E-state index in [1.807, 2.05) is 6.92 Å². The largest absolute Gasteiger partial charge is 0.463 e. The zero-order valence-corrected chi connectivity index (χ0v) is 11.3. The smallest absolute Gasteiger partial charge is 0.374 e. The highest BCUT2D eigenvalue weighted by Crippen LogP contribution is 1.98. The van der Waals surface area contributed by atoms with Gasteiger partial charge in [0.15, 0.2) is 12.7 Å². The van der Waals surface area contributed by atoms with Gasteiger partial charge < -0.3 is 14.2 Å². The Balaban J connectivity index is 3.94. The van der Waals surface area contributed by atoms with E-state index < -0.39 is 36.4 Å². The van der Waals surface area contributed by atoms with E-state index >= 15 is 0 Å². The third kappa shape index (κ3) is 7.91. The minimum atomic E-state index is -1.13. The lowest BCUT2D eigenvalue weighted by Gasteiger charge is -2.12. The van der Waals surface area contributed by atoms with E-state index in [0.717, 1.165) is 19.8 Å². The Bertz CT molecular complexity index is 348. The summed E-state index contributed by atoms with van der Waals surface area (Å²) in [6, 6.07) is 0. The van der Waals surface area contributed by atoms with Crippen molar-refractivity contribution in [2.45, 2.75) is 39.7 Å². The normalized spacial score (nSPS) is 11.3. The fourth-order valence-corrected chi connectivity index (χ4v) is 0.940. The molecule has 7 nitrogen and oxygen atoms in total. The number of ketones is 1. The molecule has 0 spiro atoms. The van der Waals surface area contributed by atoms with Crippen LogP contribution in [0.25, 0.3) is 0 Å². The van der Waals surface area contributed by atoms with Gasteiger partial charge in [-0.25, -0.2) is 14.4 Å². The first-order valence-electron chi connectivity index (χ1n) is 5.92. The molecule has 1 atom stereocenters. The van der Waals surface area contributed by atoms with Crippen LogP contribution >= 0.6 is 0 Å². The molecule has 0 aliphatic carbocycles. The molecule has 0 aromatic rings. The molecule has 0 N–H and O–H groups in total. The molecular formula is C12H18O7. The Morgan fingerprint density at radius 1 is 1.11 bits per heavy atom. The van der Waals surface area contributed by atoms with Crippen molar-refractivity contribution in [2.24, 2.45) is 0 Å². The highest BCUT2D eigenvalue weighted by Gasteiger charge is 2.20. The van der Waals surface area contributed by atoms with Crippen molar-refractivity contribution in [1.82, 2.24) is 0 Å². The van der Waals surface area contributed by atoms with Gasteiger partial charge in [0, 0.05) is 6.92 Å². The fraction of sp³-hybridized carbons (Fsp3) is 0.667. The van der Waals surface area contributed by atoms with E-state index in [0.29, 0.717) is 0 Å². The molecule has 0 amide bonds. The number of carbonyl (C=O) groups is 4. The average molecular weight is 274 g/mol. The van der Waals surface area contributed by atoms with Crippen molar-refractivity contribution < 1.29 is 33.4 Å². The Morgan fingerprint density at radius 3 is 2.26 bits per heavy atom. The fourth-order valence-electron chi connectivity index (χ4n) is 0.940. The molecule has 0 rings (SSSR count). The third-order valence-corrected chi connectivity index (χ3v) is 1.99. The molecule has 0 aromatic carbocycles. The van der Waals surface area contributed by atoms with Crippen molar-refractivity contribution >= 4 is 23.7 Å². The van der Waals surface area contributed by atoms with Crippen LogP contribution < -0.4 is 0 Å². The molecule has 1 unspecified atom stereocenters. The zero-order chi connectivity index (χ0) is 14.8. The Morgan fingerprint density at radius 2 is 1.74 bits per heavy atom. The highest BCUT2D eigenvalue weighted by molar-refractivity contribution is 6.32. The lowest BCUT2D eigenvalue weighted by Crippen LogP contribution is -2.29. The predicted octanol–water partition coefficient (Wildman–Crippen LogP) is 0.394. The van der Waals surface area contributed by atoms with Crippen LogP contribution in [0.3, 0.4) is 0 Å². The molecule has 0 saturated carbocycles. The number of esters is 3. The summed E-state index contributed by atoms with van der Waals surface area (Å²) in [7, 11) is 0. The van der Waals surface area contributed by atoms with Crippen LogP contribution in [-0.2, 0) is 33.4 Å². The summed E-state index contributed by atoms with van der Waals surface area (Å²) in [6.45, 7) is 3.85. The van der Waals surface area contributed by atoms with E-state index in [2.05, 4.69) is 9.47 Å². The van der Waals surface area contributed by atoms with Crippen LogP contribution in [0.4, 0.5) is 0 Å². The van der Waals surface area contributed by atoms with Crippen molar-refractivity contribution in [1.29, 1.82) is 0 Å². The van der Waals surface area contributed by atoms with Gasteiger partial charge in [-0.15, -0.1) is 0 Å². The number of ether oxygens (including phenoxy) is 3. The summed E-state index contributed by atoms with van der Waals surface area (Å²) in [6.07, 6.45) is 0.519. The van der Waals surface area contributed by atoms with Crippen LogP contribution in [0.15, 0.2) is 0 Å². The first kappa shape index (κ1) is 17.1. The molecule has 19 heavy (non-hydrogen) atoms. The van der Waals surface area contributed by atoms with E-state index in [9.17, 15) is 19.2 Å². The first-order chi connectivity index (χ1) is 8.88. The number of Topliss-reactive ketones (excluding diaryl/α,β-unsaturated/α-hetero) is 1. The maximum atomic E-state index is 11.3. The first-order valence-corrected chi connectivity index (χ1v) is 5.92. The van der Waals surface area contributed by atoms with Gasteiger partial charge in [-0.2, -0.15) is 0 Å². The van der Waals surface area contributed by atoms with Crippen molar-refractivity contribution in [3.05, 3.63) is 0 Å².